The van der Waals surface area contributed by atoms with Crippen molar-refractivity contribution in [1.82, 2.24) is 5.32 Å². The van der Waals surface area contributed by atoms with Gasteiger partial charge in [-0.15, -0.1) is 0 Å². The molecule has 2 aliphatic heterocycles. The molecule has 2 unspecified atom stereocenters. The van der Waals surface area contributed by atoms with Gasteiger partial charge in [-0.05, 0) is 24.0 Å². The smallest absolute Gasteiger partial charge is 0.0329 e. The number of rotatable bonds is 0. The van der Waals surface area contributed by atoms with E-state index in [0.29, 0.717) is 12.1 Å². The third-order valence-corrected chi connectivity index (χ3v) is 2.89. The van der Waals surface area contributed by atoms with Gasteiger partial charge >= 0.3 is 0 Å². The van der Waals surface area contributed by atoms with E-state index in [4.69, 9.17) is 0 Å². The third-order valence-electron chi connectivity index (χ3n) is 2.89. The lowest BCUT2D eigenvalue weighted by Crippen LogP contribution is -2.05. The summed E-state index contributed by atoms with van der Waals surface area (Å²) in [4.78, 5) is 0. The van der Waals surface area contributed by atoms with Crippen LogP contribution in [0.25, 0.3) is 0 Å². The zero-order valence-corrected chi connectivity index (χ0v) is 8.38. The van der Waals surface area contributed by atoms with Gasteiger partial charge in [0.05, 0.1) is 0 Å². The molecule has 1 heteroatoms. The Labute approximate surface area is 80.2 Å². The molecule has 1 aromatic rings. The maximum atomic E-state index is 3.59. The molecular weight excluding hydrogens is 158 g/mol. The summed E-state index contributed by atoms with van der Waals surface area (Å²) in [6.45, 7) is 4.00. The first kappa shape index (κ1) is 8.76. The molecule has 3 rings (SSSR count). The van der Waals surface area contributed by atoms with Gasteiger partial charge < -0.3 is 5.32 Å². The largest absolute Gasteiger partial charge is 0.303 e. The van der Waals surface area contributed by atoms with Crippen molar-refractivity contribution in [3.63, 3.8) is 0 Å². The van der Waals surface area contributed by atoms with Crippen LogP contribution in [0.1, 0.15) is 49.9 Å². The van der Waals surface area contributed by atoms with E-state index in [9.17, 15) is 0 Å². The molecule has 1 aromatic carbocycles. The number of fused-ring (bicyclic) bond motifs is 5. The Kier molecular flexibility index (Phi) is 2.36. The SMILES string of the molecule is CC.c1ccc2c(c1)C1CCC2N1. The van der Waals surface area contributed by atoms with Crippen molar-refractivity contribution in [3.8, 4) is 0 Å². The van der Waals surface area contributed by atoms with Crippen LogP contribution in [0.5, 0.6) is 0 Å². The van der Waals surface area contributed by atoms with Gasteiger partial charge in [0.1, 0.15) is 0 Å². The van der Waals surface area contributed by atoms with Crippen molar-refractivity contribution >= 4 is 0 Å². The van der Waals surface area contributed by atoms with Crippen molar-refractivity contribution in [2.45, 2.75) is 38.8 Å². The molecule has 2 aliphatic rings. The van der Waals surface area contributed by atoms with Gasteiger partial charge in [-0.2, -0.15) is 0 Å². The van der Waals surface area contributed by atoms with Gasteiger partial charge in [0.15, 0.2) is 0 Å². The molecule has 0 aromatic heterocycles. The summed E-state index contributed by atoms with van der Waals surface area (Å²) in [6.07, 6.45) is 2.67. The number of nitrogens with one attached hydrogen (secondary N) is 1. The van der Waals surface area contributed by atoms with Gasteiger partial charge in [-0.25, -0.2) is 0 Å². The molecule has 13 heavy (non-hydrogen) atoms. The predicted molar refractivity (Wildman–Crippen MR) is 55.6 cm³/mol. The van der Waals surface area contributed by atoms with E-state index >= 15 is 0 Å². The Bertz CT molecular complexity index is 264. The maximum Gasteiger partial charge on any atom is 0.0329 e. The summed E-state index contributed by atoms with van der Waals surface area (Å²) in [5.41, 5.74) is 3.09. The van der Waals surface area contributed by atoms with E-state index in [1.54, 1.807) is 11.1 Å². The standard InChI is InChI=1S/C10H11N.C2H6/c1-2-4-8-7(3-1)9-5-6-10(8)11-9;1-2/h1-4,9-11H,5-6H2;1-2H3. The Balaban J connectivity index is 0.000000308. The Hall–Kier alpha value is -0.820. The van der Waals surface area contributed by atoms with Crippen LogP contribution >= 0.6 is 0 Å². The summed E-state index contributed by atoms with van der Waals surface area (Å²) in [5, 5.41) is 3.59. The quantitative estimate of drug-likeness (QED) is 0.638. The summed E-state index contributed by atoms with van der Waals surface area (Å²) < 4.78 is 0. The first-order valence-electron chi connectivity index (χ1n) is 5.30. The maximum absolute atomic E-state index is 3.59. The van der Waals surface area contributed by atoms with E-state index < -0.39 is 0 Å². The predicted octanol–water partition coefficient (Wildman–Crippen LogP) is 3.19. The fourth-order valence-corrected chi connectivity index (χ4v) is 2.38. The number of benzene rings is 1. The van der Waals surface area contributed by atoms with Gasteiger partial charge in [0.2, 0.25) is 0 Å². The minimum atomic E-state index is 0.677. The molecule has 0 saturated carbocycles. The van der Waals surface area contributed by atoms with Crippen LogP contribution < -0.4 is 5.32 Å². The van der Waals surface area contributed by atoms with Gasteiger partial charge in [0.25, 0.3) is 0 Å². The highest BCUT2D eigenvalue weighted by molar-refractivity contribution is 5.39. The van der Waals surface area contributed by atoms with Crippen LogP contribution in [0.4, 0.5) is 0 Å². The Morgan fingerprint density at radius 1 is 1.00 bits per heavy atom. The second kappa shape index (κ2) is 3.51. The van der Waals surface area contributed by atoms with E-state index in [1.165, 1.54) is 12.8 Å². The lowest BCUT2D eigenvalue weighted by molar-refractivity contribution is 0.639. The van der Waals surface area contributed by atoms with Crippen molar-refractivity contribution in [1.29, 1.82) is 0 Å². The zero-order chi connectivity index (χ0) is 9.26. The van der Waals surface area contributed by atoms with Crippen molar-refractivity contribution in [3.05, 3.63) is 35.4 Å². The molecule has 70 valence electrons. The number of hydrogen-bond acceptors (Lipinski definition) is 1. The molecular formula is C12H17N. The summed E-state index contributed by atoms with van der Waals surface area (Å²) in [7, 11) is 0. The van der Waals surface area contributed by atoms with E-state index in [-0.39, 0.29) is 0 Å². The van der Waals surface area contributed by atoms with Crippen LogP contribution in [0.2, 0.25) is 0 Å². The second-order valence-electron chi connectivity index (χ2n) is 3.48. The van der Waals surface area contributed by atoms with Crippen molar-refractivity contribution in [2.24, 2.45) is 0 Å². The van der Waals surface area contributed by atoms with Gasteiger partial charge in [0, 0.05) is 12.1 Å². The molecule has 1 saturated heterocycles. The fourth-order valence-electron chi connectivity index (χ4n) is 2.38. The first-order valence-corrected chi connectivity index (χ1v) is 5.30. The summed E-state index contributed by atoms with van der Waals surface area (Å²) in [6, 6.07) is 10.1. The van der Waals surface area contributed by atoms with Crippen LogP contribution in [0.15, 0.2) is 24.3 Å². The minimum absolute atomic E-state index is 0.677. The molecule has 2 atom stereocenters. The fraction of sp³-hybridized carbons (Fsp3) is 0.500. The molecule has 1 fully saturated rings. The van der Waals surface area contributed by atoms with E-state index in [2.05, 4.69) is 29.6 Å². The summed E-state index contributed by atoms with van der Waals surface area (Å²) >= 11 is 0. The molecule has 0 amide bonds. The highest BCUT2D eigenvalue weighted by atomic mass is 15.0. The molecule has 0 radical (unpaired) electrons. The normalized spacial score (nSPS) is 27.8. The molecule has 0 aliphatic carbocycles. The number of hydrogen-bond donors (Lipinski definition) is 1. The van der Waals surface area contributed by atoms with Crippen molar-refractivity contribution in [2.75, 3.05) is 0 Å². The van der Waals surface area contributed by atoms with Crippen molar-refractivity contribution < 1.29 is 0 Å². The highest BCUT2D eigenvalue weighted by Gasteiger charge is 2.35. The monoisotopic (exact) mass is 175 g/mol. The van der Waals surface area contributed by atoms with Crippen LogP contribution in [0, 0.1) is 0 Å². The Morgan fingerprint density at radius 3 is 1.92 bits per heavy atom. The lowest BCUT2D eigenvalue weighted by Gasteiger charge is -2.11. The molecule has 1 nitrogen and oxygen atoms in total. The highest BCUT2D eigenvalue weighted by Crippen LogP contribution is 2.44. The first-order chi connectivity index (χ1) is 6.45. The molecule has 1 N–H and O–H groups in total. The van der Waals surface area contributed by atoms with Crippen LogP contribution in [-0.2, 0) is 0 Å². The zero-order valence-electron chi connectivity index (χ0n) is 8.38. The third kappa shape index (κ3) is 1.28. The average Bonchev–Trinajstić information content (AvgIpc) is 2.82. The average molecular weight is 175 g/mol. The lowest BCUT2D eigenvalue weighted by atomic mass is 9.92. The van der Waals surface area contributed by atoms with Gasteiger partial charge in [-0.3, -0.25) is 0 Å². The topological polar surface area (TPSA) is 12.0 Å². The second-order valence-corrected chi connectivity index (χ2v) is 3.48. The molecule has 2 bridgehead atoms. The molecule has 2 heterocycles. The van der Waals surface area contributed by atoms with Crippen LogP contribution in [-0.4, -0.2) is 0 Å². The van der Waals surface area contributed by atoms with Crippen LogP contribution in [0.3, 0.4) is 0 Å². The molecule has 0 spiro atoms. The Morgan fingerprint density at radius 2 is 1.46 bits per heavy atom. The van der Waals surface area contributed by atoms with E-state index in [1.807, 2.05) is 13.8 Å². The van der Waals surface area contributed by atoms with E-state index in [0.717, 1.165) is 0 Å². The van der Waals surface area contributed by atoms with Gasteiger partial charge in [-0.1, -0.05) is 38.1 Å². The summed E-state index contributed by atoms with van der Waals surface area (Å²) in [5.74, 6) is 0. The minimum Gasteiger partial charge on any atom is -0.303 e.